The molecular weight excluding hydrogens is 362 g/mol. The molecule has 0 radical (unpaired) electrons. The summed E-state index contributed by atoms with van der Waals surface area (Å²) in [5.41, 5.74) is 1.96. The quantitative estimate of drug-likeness (QED) is 0.548. The van der Waals surface area contributed by atoms with Gasteiger partial charge in [-0.05, 0) is 17.0 Å². The van der Waals surface area contributed by atoms with E-state index in [1.54, 1.807) is 0 Å². The zero-order valence-electron chi connectivity index (χ0n) is 15.2. The van der Waals surface area contributed by atoms with Crippen molar-refractivity contribution in [3.05, 3.63) is 71.8 Å². The van der Waals surface area contributed by atoms with Crippen molar-refractivity contribution in [2.45, 2.75) is 25.5 Å². The number of carboxylic acid groups (broad SMARTS) is 1. The number of thiol groups is 1. The lowest BCUT2D eigenvalue weighted by atomic mass is 9.88. The van der Waals surface area contributed by atoms with E-state index in [0.29, 0.717) is 5.75 Å². The minimum atomic E-state index is -1.12. The molecule has 0 fully saturated rings. The van der Waals surface area contributed by atoms with Gasteiger partial charge in [-0.2, -0.15) is 12.6 Å². The molecule has 144 valence electrons. The molecule has 5 nitrogen and oxygen atoms in total. The number of amides is 1. The molecule has 2 aromatic carbocycles. The number of carbonyl (C=O) groups is 2. The number of rotatable bonds is 10. The topological polar surface area (TPSA) is 75.6 Å². The van der Waals surface area contributed by atoms with Crippen LogP contribution in [0.15, 0.2) is 60.7 Å². The molecule has 2 unspecified atom stereocenters. The predicted octanol–water partition coefficient (Wildman–Crippen LogP) is 3.12. The summed E-state index contributed by atoms with van der Waals surface area (Å²) in [6.07, 6.45) is 0. The first kappa shape index (κ1) is 21.0. The third kappa shape index (κ3) is 6.41. The maximum absolute atomic E-state index is 12.7. The number of hydrogen-bond acceptors (Lipinski definition) is 4. The van der Waals surface area contributed by atoms with Crippen LogP contribution in [-0.4, -0.2) is 35.4 Å². The van der Waals surface area contributed by atoms with Crippen LogP contribution in [0.5, 0.6) is 0 Å². The molecule has 2 N–H and O–H groups in total. The van der Waals surface area contributed by atoms with Crippen LogP contribution >= 0.6 is 12.6 Å². The van der Waals surface area contributed by atoms with Crippen LogP contribution in [0.2, 0.25) is 0 Å². The second-order valence-corrected chi connectivity index (χ2v) is 6.75. The molecule has 0 aliphatic carbocycles. The number of carboxylic acids is 1. The van der Waals surface area contributed by atoms with Gasteiger partial charge in [-0.25, -0.2) is 4.79 Å². The molecule has 0 aliphatic heterocycles. The first-order valence-corrected chi connectivity index (χ1v) is 9.46. The van der Waals surface area contributed by atoms with E-state index in [4.69, 9.17) is 4.74 Å². The zero-order valence-corrected chi connectivity index (χ0v) is 16.1. The largest absolute Gasteiger partial charge is 0.480 e. The average Bonchev–Trinajstić information content (AvgIpc) is 2.69. The average molecular weight is 388 g/mol. The molecule has 0 aromatic heterocycles. The highest BCUT2D eigenvalue weighted by molar-refractivity contribution is 7.80. The Bertz CT molecular complexity index is 723. The van der Waals surface area contributed by atoms with E-state index in [1.165, 1.54) is 0 Å². The van der Waals surface area contributed by atoms with Crippen LogP contribution in [0.1, 0.15) is 24.0 Å². The van der Waals surface area contributed by atoms with E-state index < -0.39 is 17.9 Å². The summed E-state index contributed by atoms with van der Waals surface area (Å²) in [7, 11) is 0. The molecule has 0 saturated carbocycles. The van der Waals surface area contributed by atoms with Gasteiger partial charge in [0.1, 0.15) is 0 Å². The first-order chi connectivity index (χ1) is 13.0. The summed E-state index contributed by atoms with van der Waals surface area (Å²) in [6, 6.07) is 18.0. The Morgan fingerprint density at radius 2 is 1.67 bits per heavy atom. The third-order valence-electron chi connectivity index (χ3n) is 4.47. The fraction of sp³-hybridized carbons (Fsp3) is 0.333. The summed E-state index contributed by atoms with van der Waals surface area (Å²) in [5, 5.41) is 12.0. The molecular formula is C21H25NO4S. The smallest absolute Gasteiger partial charge is 0.328 e. The Balaban J connectivity index is 1.95. The Hall–Kier alpha value is -2.31. The normalized spacial score (nSPS) is 14.1. The molecule has 0 aliphatic rings. The van der Waals surface area contributed by atoms with Crippen molar-refractivity contribution >= 4 is 24.5 Å². The fourth-order valence-corrected chi connectivity index (χ4v) is 3.26. The van der Waals surface area contributed by atoms with Gasteiger partial charge in [0.05, 0.1) is 19.1 Å². The highest BCUT2D eigenvalue weighted by Crippen LogP contribution is 2.25. The maximum atomic E-state index is 12.7. The highest BCUT2D eigenvalue weighted by Gasteiger charge is 2.29. The van der Waals surface area contributed by atoms with Gasteiger partial charge < -0.3 is 15.2 Å². The highest BCUT2D eigenvalue weighted by atomic mass is 32.1. The Kier molecular flexibility index (Phi) is 8.36. The second-order valence-electron chi connectivity index (χ2n) is 6.39. The van der Waals surface area contributed by atoms with Gasteiger partial charge in [0.25, 0.3) is 0 Å². The molecule has 0 bridgehead atoms. The summed E-state index contributed by atoms with van der Waals surface area (Å²) in [6.45, 7) is 2.13. The third-order valence-corrected chi connectivity index (χ3v) is 4.87. The maximum Gasteiger partial charge on any atom is 0.328 e. The number of hydrogen-bond donors (Lipinski definition) is 3. The van der Waals surface area contributed by atoms with Gasteiger partial charge >= 0.3 is 5.97 Å². The van der Waals surface area contributed by atoms with E-state index >= 15 is 0 Å². The molecule has 1 amide bonds. The van der Waals surface area contributed by atoms with Crippen LogP contribution in [0.3, 0.4) is 0 Å². The van der Waals surface area contributed by atoms with Crippen molar-refractivity contribution in [1.82, 2.24) is 5.32 Å². The number of nitrogens with one attached hydrogen (secondary N) is 1. The van der Waals surface area contributed by atoms with Crippen LogP contribution in [0, 0.1) is 5.92 Å². The summed E-state index contributed by atoms with van der Waals surface area (Å²) in [5.74, 6) is -1.66. The van der Waals surface area contributed by atoms with Crippen molar-refractivity contribution in [3.8, 4) is 0 Å². The molecule has 0 spiro atoms. The monoisotopic (exact) mass is 387 g/mol. The van der Waals surface area contributed by atoms with Crippen LogP contribution in [-0.2, 0) is 20.9 Å². The van der Waals surface area contributed by atoms with Crippen LogP contribution in [0.25, 0.3) is 0 Å². The predicted molar refractivity (Wildman–Crippen MR) is 108 cm³/mol. The van der Waals surface area contributed by atoms with Crippen LogP contribution in [0.4, 0.5) is 0 Å². The number of carbonyl (C=O) groups excluding carboxylic acids is 1. The molecule has 6 heteroatoms. The van der Waals surface area contributed by atoms with E-state index in [0.717, 1.165) is 11.1 Å². The van der Waals surface area contributed by atoms with Crippen molar-refractivity contribution < 1.29 is 19.4 Å². The van der Waals surface area contributed by atoms with Gasteiger partial charge in [-0.1, -0.05) is 67.6 Å². The van der Waals surface area contributed by atoms with Crippen molar-refractivity contribution in [1.29, 1.82) is 0 Å². The molecule has 3 atom stereocenters. The van der Waals surface area contributed by atoms with Crippen molar-refractivity contribution in [2.24, 2.45) is 5.92 Å². The van der Waals surface area contributed by atoms with Gasteiger partial charge in [0.2, 0.25) is 5.91 Å². The molecule has 2 aromatic rings. The van der Waals surface area contributed by atoms with Gasteiger partial charge in [-0.15, -0.1) is 0 Å². The van der Waals surface area contributed by atoms with Crippen molar-refractivity contribution in [2.75, 3.05) is 12.4 Å². The zero-order chi connectivity index (χ0) is 19.6. The standard InChI is InChI=1S/C21H25NO4S/c1-15(17-10-6-3-7-11-17)18(14-27)20(23)22-19(21(24)25)13-26-12-16-8-4-2-5-9-16/h2-11,15,18-19,27H,12-14H2,1H3,(H,22,23)(H,24,25)/t15?,18?,19-/m0/s1. The van der Waals surface area contributed by atoms with Gasteiger partial charge in [0, 0.05) is 5.75 Å². The minimum absolute atomic E-state index is 0.0802. The Morgan fingerprint density at radius 3 is 2.22 bits per heavy atom. The minimum Gasteiger partial charge on any atom is -0.480 e. The lowest BCUT2D eigenvalue weighted by molar-refractivity contribution is -0.144. The summed E-state index contributed by atoms with van der Waals surface area (Å²) < 4.78 is 5.49. The van der Waals surface area contributed by atoms with Gasteiger partial charge in [0.15, 0.2) is 6.04 Å². The number of ether oxygens (including phenoxy) is 1. The Morgan fingerprint density at radius 1 is 1.07 bits per heavy atom. The van der Waals surface area contributed by atoms with Crippen LogP contribution < -0.4 is 5.32 Å². The number of benzene rings is 2. The second kappa shape index (κ2) is 10.7. The van der Waals surface area contributed by atoms with E-state index in [9.17, 15) is 14.7 Å². The molecule has 0 saturated heterocycles. The lowest BCUT2D eigenvalue weighted by Gasteiger charge is -2.24. The number of aliphatic carboxylic acids is 1. The SMILES string of the molecule is CC(c1ccccc1)C(CS)C(=O)N[C@@H](COCc1ccccc1)C(=O)O. The van der Waals surface area contributed by atoms with E-state index in [1.807, 2.05) is 67.6 Å². The Labute approximate surface area is 165 Å². The lowest BCUT2D eigenvalue weighted by Crippen LogP contribution is -2.47. The van der Waals surface area contributed by atoms with E-state index in [2.05, 4.69) is 17.9 Å². The van der Waals surface area contributed by atoms with Gasteiger partial charge in [-0.3, -0.25) is 4.79 Å². The summed E-state index contributed by atoms with van der Waals surface area (Å²) >= 11 is 4.30. The fourth-order valence-electron chi connectivity index (χ4n) is 2.78. The molecule has 27 heavy (non-hydrogen) atoms. The summed E-state index contributed by atoms with van der Waals surface area (Å²) in [4.78, 5) is 24.2. The van der Waals surface area contributed by atoms with E-state index in [-0.39, 0.29) is 25.0 Å². The molecule has 0 heterocycles. The first-order valence-electron chi connectivity index (χ1n) is 8.83. The molecule has 2 rings (SSSR count). The van der Waals surface area contributed by atoms with Crippen molar-refractivity contribution in [3.63, 3.8) is 0 Å².